The minimum atomic E-state index is -0.130. The smallest absolute Gasteiger partial charge is 0.257 e. The molecule has 0 saturated carbocycles. The zero-order chi connectivity index (χ0) is 21.1. The lowest BCUT2D eigenvalue weighted by molar-refractivity contribution is 0.0597. The zero-order valence-electron chi connectivity index (χ0n) is 16.1. The molecule has 0 bridgehead atoms. The average molecular weight is 505 g/mol. The molecule has 7 heteroatoms. The van der Waals surface area contributed by atoms with Crippen LogP contribution in [0.25, 0.3) is 0 Å². The van der Waals surface area contributed by atoms with E-state index in [1.165, 1.54) is 17.3 Å². The van der Waals surface area contributed by atoms with Crippen LogP contribution in [0.2, 0.25) is 10.2 Å². The van der Waals surface area contributed by atoms with E-state index in [0.29, 0.717) is 23.7 Å². The van der Waals surface area contributed by atoms with E-state index in [0.717, 1.165) is 17.6 Å². The highest BCUT2D eigenvalue weighted by molar-refractivity contribution is 9.10. The van der Waals surface area contributed by atoms with E-state index in [1.807, 2.05) is 11.0 Å². The summed E-state index contributed by atoms with van der Waals surface area (Å²) in [7, 11) is 0. The summed E-state index contributed by atoms with van der Waals surface area (Å²) in [4.78, 5) is 21.2. The fourth-order valence-corrected chi connectivity index (χ4v) is 4.43. The number of piperazine rings is 1. The van der Waals surface area contributed by atoms with Crippen LogP contribution in [-0.4, -0.2) is 46.9 Å². The van der Waals surface area contributed by atoms with Crippen LogP contribution in [0.1, 0.15) is 27.5 Å². The molecule has 30 heavy (non-hydrogen) atoms. The third-order valence-corrected chi connectivity index (χ3v) is 6.34. The van der Waals surface area contributed by atoms with Crippen LogP contribution in [0, 0.1) is 0 Å². The van der Waals surface area contributed by atoms with Gasteiger partial charge >= 0.3 is 0 Å². The molecule has 154 valence electrons. The summed E-state index contributed by atoms with van der Waals surface area (Å²) < 4.78 is 1.06. The number of benzene rings is 2. The van der Waals surface area contributed by atoms with E-state index in [-0.39, 0.29) is 17.1 Å². The van der Waals surface area contributed by atoms with Gasteiger partial charge in [-0.2, -0.15) is 0 Å². The van der Waals surface area contributed by atoms with Crippen LogP contribution in [0.4, 0.5) is 0 Å². The van der Waals surface area contributed by atoms with Gasteiger partial charge in [0.2, 0.25) is 0 Å². The molecule has 2 heterocycles. The topological polar surface area (TPSA) is 36.4 Å². The highest BCUT2D eigenvalue weighted by Gasteiger charge is 2.29. The highest BCUT2D eigenvalue weighted by Crippen LogP contribution is 2.31. The molecular formula is C23H20BrCl2N3O. The summed E-state index contributed by atoms with van der Waals surface area (Å²) in [6.07, 6.45) is 1.45. The molecule has 4 nitrogen and oxygen atoms in total. The standard InChI is InChI=1S/C23H20BrCl2N3O/c24-18-8-6-17(7-9-18)21(16-4-2-1-3-5-16)28-10-12-29(13-11-28)23(30)20-14-19(25)15-27-22(20)26/h1-9,14-15,21H,10-13H2/t21-/m0/s1. The molecular weight excluding hydrogens is 485 g/mol. The quantitative estimate of drug-likeness (QED) is 0.427. The second-order valence-electron chi connectivity index (χ2n) is 7.18. The number of carbonyl (C=O) groups is 1. The van der Waals surface area contributed by atoms with Crippen molar-refractivity contribution in [3.05, 3.63) is 98.2 Å². The molecule has 0 radical (unpaired) electrons. The molecule has 3 aromatic rings. The van der Waals surface area contributed by atoms with Gasteiger partial charge in [-0.05, 0) is 29.3 Å². The first-order valence-corrected chi connectivity index (χ1v) is 11.2. The Labute approximate surface area is 194 Å². The molecule has 1 aliphatic heterocycles. The molecule has 0 unspecified atom stereocenters. The predicted molar refractivity (Wildman–Crippen MR) is 124 cm³/mol. The van der Waals surface area contributed by atoms with Crippen molar-refractivity contribution < 1.29 is 4.79 Å². The third-order valence-electron chi connectivity index (χ3n) is 5.30. The van der Waals surface area contributed by atoms with E-state index >= 15 is 0 Å². The molecule has 1 atom stereocenters. The maximum Gasteiger partial charge on any atom is 0.257 e. The highest BCUT2D eigenvalue weighted by atomic mass is 79.9. The van der Waals surface area contributed by atoms with Gasteiger partial charge in [-0.15, -0.1) is 0 Å². The number of nitrogens with zero attached hydrogens (tertiary/aromatic N) is 3. The molecule has 1 amide bonds. The van der Waals surface area contributed by atoms with Crippen molar-refractivity contribution in [1.29, 1.82) is 0 Å². The molecule has 1 fully saturated rings. The van der Waals surface area contributed by atoms with Gasteiger partial charge in [0.05, 0.1) is 16.6 Å². The van der Waals surface area contributed by atoms with Crippen LogP contribution in [0.3, 0.4) is 0 Å². The number of carbonyl (C=O) groups excluding carboxylic acids is 1. The van der Waals surface area contributed by atoms with Crippen LogP contribution in [-0.2, 0) is 0 Å². The number of pyridine rings is 1. The van der Waals surface area contributed by atoms with Crippen molar-refractivity contribution in [1.82, 2.24) is 14.8 Å². The minimum absolute atomic E-state index is 0.130. The number of amides is 1. The second kappa shape index (κ2) is 9.48. The number of aromatic nitrogens is 1. The lowest BCUT2D eigenvalue weighted by Gasteiger charge is -2.40. The molecule has 0 N–H and O–H groups in total. The summed E-state index contributed by atoms with van der Waals surface area (Å²) in [5.74, 6) is -0.130. The van der Waals surface area contributed by atoms with E-state index in [9.17, 15) is 4.79 Å². The van der Waals surface area contributed by atoms with Gasteiger partial charge in [-0.1, -0.05) is 81.6 Å². The molecule has 1 saturated heterocycles. The van der Waals surface area contributed by atoms with Crippen LogP contribution < -0.4 is 0 Å². The summed E-state index contributed by atoms with van der Waals surface area (Å²) in [5, 5.41) is 0.588. The number of halogens is 3. The molecule has 2 aromatic carbocycles. The van der Waals surface area contributed by atoms with Gasteiger partial charge in [0.1, 0.15) is 5.15 Å². The van der Waals surface area contributed by atoms with Crippen molar-refractivity contribution in [3.8, 4) is 0 Å². The predicted octanol–water partition coefficient (Wildman–Crippen LogP) is 5.70. The monoisotopic (exact) mass is 503 g/mol. The fourth-order valence-electron chi connectivity index (χ4n) is 3.82. The molecule has 0 spiro atoms. The van der Waals surface area contributed by atoms with Gasteiger partial charge in [0, 0.05) is 36.8 Å². The Morgan fingerprint density at radius 1 is 0.933 bits per heavy atom. The van der Waals surface area contributed by atoms with Gasteiger partial charge in [-0.25, -0.2) is 4.98 Å². The Hall–Kier alpha value is -1.92. The van der Waals surface area contributed by atoms with Crippen molar-refractivity contribution in [2.45, 2.75) is 6.04 Å². The van der Waals surface area contributed by atoms with E-state index in [4.69, 9.17) is 23.2 Å². The summed E-state index contributed by atoms with van der Waals surface area (Å²) in [6.45, 7) is 2.74. The normalized spacial score (nSPS) is 15.8. The second-order valence-corrected chi connectivity index (χ2v) is 8.89. The van der Waals surface area contributed by atoms with Gasteiger partial charge < -0.3 is 4.90 Å². The van der Waals surface area contributed by atoms with Crippen molar-refractivity contribution in [3.63, 3.8) is 0 Å². The van der Waals surface area contributed by atoms with Crippen molar-refractivity contribution >= 4 is 45.0 Å². The molecule has 4 rings (SSSR count). The Morgan fingerprint density at radius 2 is 1.57 bits per heavy atom. The molecule has 0 aliphatic carbocycles. The number of hydrogen-bond donors (Lipinski definition) is 0. The van der Waals surface area contributed by atoms with E-state index < -0.39 is 0 Å². The maximum absolute atomic E-state index is 12.9. The van der Waals surface area contributed by atoms with Crippen molar-refractivity contribution in [2.24, 2.45) is 0 Å². The van der Waals surface area contributed by atoms with E-state index in [1.54, 1.807) is 6.07 Å². The zero-order valence-corrected chi connectivity index (χ0v) is 19.2. The Morgan fingerprint density at radius 3 is 2.23 bits per heavy atom. The lowest BCUT2D eigenvalue weighted by atomic mass is 9.96. The summed E-state index contributed by atoms with van der Waals surface area (Å²) >= 11 is 15.7. The van der Waals surface area contributed by atoms with Crippen LogP contribution in [0.5, 0.6) is 0 Å². The largest absolute Gasteiger partial charge is 0.336 e. The van der Waals surface area contributed by atoms with Gasteiger partial charge in [-0.3, -0.25) is 9.69 Å². The summed E-state index contributed by atoms with van der Waals surface area (Å²) in [6, 6.07) is 20.6. The molecule has 1 aromatic heterocycles. The molecule has 1 aliphatic rings. The first-order valence-electron chi connectivity index (χ1n) is 9.68. The number of hydrogen-bond acceptors (Lipinski definition) is 3. The minimum Gasteiger partial charge on any atom is -0.336 e. The Balaban J connectivity index is 1.53. The lowest BCUT2D eigenvalue weighted by Crippen LogP contribution is -2.50. The van der Waals surface area contributed by atoms with Gasteiger partial charge in [0.15, 0.2) is 0 Å². The third kappa shape index (κ3) is 4.70. The summed E-state index contributed by atoms with van der Waals surface area (Å²) in [5.41, 5.74) is 2.82. The SMILES string of the molecule is O=C(c1cc(Cl)cnc1Cl)N1CCN([C@@H](c2ccccc2)c2ccc(Br)cc2)CC1. The Bertz CT molecular complexity index is 1020. The average Bonchev–Trinajstić information content (AvgIpc) is 2.78. The van der Waals surface area contributed by atoms with Gasteiger partial charge in [0.25, 0.3) is 5.91 Å². The van der Waals surface area contributed by atoms with E-state index in [2.05, 4.69) is 74.3 Å². The van der Waals surface area contributed by atoms with Crippen molar-refractivity contribution in [2.75, 3.05) is 26.2 Å². The first kappa shape index (κ1) is 21.3. The number of rotatable bonds is 4. The van der Waals surface area contributed by atoms with Crippen LogP contribution >= 0.6 is 39.1 Å². The van der Waals surface area contributed by atoms with Crippen LogP contribution in [0.15, 0.2) is 71.3 Å². The maximum atomic E-state index is 12.9. The Kier molecular flexibility index (Phi) is 6.74. The first-order chi connectivity index (χ1) is 14.5. The fraction of sp³-hybridized carbons (Fsp3) is 0.217.